The van der Waals surface area contributed by atoms with Gasteiger partial charge in [0, 0.05) is 30.9 Å². The number of ether oxygens (including phenoxy) is 2. The van der Waals surface area contributed by atoms with Gasteiger partial charge in [-0.25, -0.2) is 0 Å². The van der Waals surface area contributed by atoms with E-state index in [1.165, 1.54) is 0 Å². The minimum absolute atomic E-state index is 0.0747. The van der Waals surface area contributed by atoms with Gasteiger partial charge in [-0.3, -0.25) is 9.78 Å². The number of benzene rings is 1. The average Bonchev–Trinajstić information content (AvgIpc) is 2.68. The van der Waals surface area contributed by atoms with Gasteiger partial charge in [-0.05, 0) is 18.2 Å². The van der Waals surface area contributed by atoms with Gasteiger partial charge in [-0.15, -0.1) is 0 Å². The summed E-state index contributed by atoms with van der Waals surface area (Å²) in [7, 11) is 1.62. The Hall–Kier alpha value is -2.86. The van der Waals surface area contributed by atoms with Crippen molar-refractivity contribution >= 4 is 16.9 Å². The van der Waals surface area contributed by atoms with E-state index in [4.69, 9.17) is 13.9 Å². The van der Waals surface area contributed by atoms with Crippen LogP contribution in [0.4, 0.5) is 5.88 Å². The van der Waals surface area contributed by atoms with E-state index in [1.807, 2.05) is 29.2 Å². The van der Waals surface area contributed by atoms with E-state index in [0.29, 0.717) is 48.9 Å². The molecule has 0 aliphatic carbocycles. The molecular weight excluding hydrogens is 320 g/mol. The van der Waals surface area contributed by atoms with E-state index < -0.39 is 0 Å². The van der Waals surface area contributed by atoms with Crippen LogP contribution in [0, 0.1) is 0 Å². The number of nitrogens with zero attached hydrogens (tertiary/aromatic N) is 2. The van der Waals surface area contributed by atoms with E-state index in [2.05, 4.69) is 4.98 Å². The van der Waals surface area contributed by atoms with Crippen molar-refractivity contribution in [1.29, 1.82) is 0 Å². The standard InChI is InChI=1S/C19H18N2O4/c1-23-14-4-2-3-13(11-14)18-19-15(5-6-20-18)16(22)12-17(25-19)21-7-9-24-10-8-21/h2-6,11-12H,7-10H2,1H3. The van der Waals surface area contributed by atoms with Crippen LogP contribution in [-0.4, -0.2) is 38.4 Å². The number of pyridine rings is 1. The van der Waals surface area contributed by atoms with Crippen LogP contribution in [0.15, 0.2) is 51.8 Å². The molecule has 25 heavy (non-hydrogen) atoms. The molecule has 0 N–H and O–H groups in total. The summed E-state index contributed by atoms with van der Waals surface area (Å²) in [5.41, 5.74) is 1.88. The number of hydrogen-bond donors (Lipinski definition) is 0. The van der Waals surface area contributed by atoms with Gasteiger partial charge in [-0.1, -0.05) is 12.1 Å². The lowest BCUT2D eigenvalue weighted by molar-refractivity contribution is 0.121. The highest BCUT2D eigenvalue weighted by atomic mass is 16.5. The Bertz CT molecular complexity index is 961. The summed E-state index contributed by atoms with van der Waals surface area (Å²) in [6.07, 6.45) is 1.63. The first-order chi connectivity index (χ1) is 12.3. The zero-order chi connectivity index (χ0) is 17.2. The monoisotopic (exact) mass is 338 g/mol. The molecule has 6 nitrogen and oxygen atoms in total. The third-order valence-electron chi connectivity index (χ3n) is 4.30. The summed E-state index contributed by atoms with van der Waals surface area (Å²) in [5.74, 6) is 1.28. The van der Waals surface area contributed by atoms with Gasteiger partial charge in [0.1, 0.15) is 11.4 Å². The summed E-state index contributed by atoms with van der Waals surface area (Å²) in [6, 6.07) is 10.8. The van der Waals surface area contributed by atoms with E-state index in [1.54, 1.807) is 25.4 Å². The van der Waals surface area contributed by atoms with E-state index in [9.17, 15) is 4.79 Å². The molecule has 0 spiro atoms. The lowest BCUT2D eigenvalue weighted by Gasteiger charge is -2.27. The van der Waals surface area contributed by atoms with Gasteiger partial charge in [0.15, 0.2) is 16.9 Å². The zero-order valence-corrected chi connectivity index (χ0v) is 13.9. The molecule has 1 fully saturated rings. The van der Waals surface area contributed by atoms with Crippen molar-refractivity contribution < 1.29 is 13.9 Å². The van der Waals surface area contributed by atoms with E-state index in [-0.39, 0.29) is 5.43 Å². The molecule has 0 saturated carbocycles. The Balaban J connectivity index is 1.89. The molecule has 1 aromatic carbocycles. The molecule has 1 saturated heterocycles. The Labute approximate surface area is 144 Å². The molecule has 1 aliphatic heterocycles. The van der Waals surface area contributed by atoms with Gasteiger partial charge in [-0.2, -0.15) is 0 Å². The Morgan fingerprint density at radius 1 is 1.16 bits per heavy atom. The molecule has 0 radical (unpaired) electrons. The number of rotatable bonds is 3. The maximum atomic E-state index is 12.6. The third-order valence-corrected chi connectivity index (χ3v) is 4.30. The van der Waals surface area contributed by atoms with Crippen LogP contribution in [0.25, 0.3) is 22.2 Å². The molecule has 4 rings (SSSR count). The highest BCUT2D eigenvalue weighted by Crippen LogP contribution is 2.30. The van der Waals surface area contributed by atoms with E-state index >= 15 is 0 Å². The van der Waals surface area contributed by atoms with Gasteiger partial charge in [0.05, 0.1) is 25.7 Å². The maximum absolute atomic E-state index is 12.6. The van der Waals surface area contributed by atoms with Crippen molar-refractivity contribution in [2.45, 2.75) is 0 Å². The van der Waals surface area contributed by atoms with Crippen molar-refractivity contribution in [1.82, 2.24) is 4.98 Å². The van der Waals surface area contributed by atoms with Crippen molar-refractivity contribution in [2.75, 3.05) is 38.3 Å². The largest absolute Gasteiger partial charge is 0.497 e. The Morgan fingerprint density at radius 3 is 2.80 bits per heavy atom. The van der Waals surface area contributed by atoms with Crippen LogP contribution in [0.2, 0.25) is 0 Å². The molecule has 0 amide bonds. The predicted octanol–water partition coefficient (Wildman–Crippen LogP) is 2.70. The second kappa shape index (κ2) is 6.57. The smallest absolute Gasteiger partial charge is 0.200 e. The molecule has 128 valence electrons. The predicted molar refractivity (Wildman–Crippen MR) is 95.3 cm³/mol. The molecule has 6 heteroatoms. The molecule has 3 aromatic rings. The van der Waals surface area contributed by atoms with Crippen molar-refractivity contribution in [3.8, 4) is 17.0 Å². The quantitative estimate of drug-likeness (QED) is 0.732. The first kappa shape index (κ1) is 15.7. The first-order valence-electron chi connectivity index (χ1n) is 8.16. The summed E-state index contributed by atoms with van der Waals surface area (Å²) in [4.78, 5) is 19.0. The second-order valence-corrected chi connectivity index (χ2v) is 5.82. The summed E-state index contributed by atoms with van der Waals surface area (Å²) in [6.45, 7) is 2.64. The highest BCUT2D eigenvalue weighted by molar-refractivity contribution is 5.90. The van der Waals surface area contributed by atoms with Gasteiger partial charge in [0.25, 0.3) is 0 Å². The summed E-state index contributed by atoms with van der Waals surface area (Å²) in [5, 5.41) is 0.518. The molecule has 0 unspecified atom stereocenters. The van der Waals surface area contributed by atoms with Crippen molar-refractivity contribution in [2.24, 2.45) is 0 Å². The summed E-state index contributed by atoms with van der Waals surface area (Å²) < 4.78 is 16.8. The number of anilines is 1. The van der Waals surface area contributed by atoms with Gasteiger partial charge >= 0.3 is 0 Å². The molecular formula is C19H18N2O4. The van der Waals surface area contributed by atoms with Gasteiger partial charge in [0.2, 0.25) is 0 Å². The lowest BCUT2D eigenvalue weighted by atomic mass is 10.1. The van der Waals surface area contributed by atoms with Crippen LogP contribution in [-0.2, 0) is 4.74 Å². The normalized spacial score (nSPS) is 14.7. The number of morpholine rings is 1. The molecule has 0 atom stereocenters. The summed E-state index contributed by atoms with van der Waals surface area (Å²) >= 11 is 0. The topological polar surface area (TPSA) is 64.8 Å². The minimum Gasteiger partial charge on any atom is -0.497 e. The van der Waals surface area contributed by atoms with Crippen LogP contribution in [0.1, 0.15) is 0 Å². The molecule has 2 aromatic heterocycles. The molecule has 0 bridgehead atoms. The fourth-order valence-electron chi connectivity index (χ4n) is 2.99. The van der Waals surface area contributed by atoms with E-state index in [0.717, 1.165) is 11.3 Å². The fourth-order valence-corrected chi connectivity index (χ4v) is 2.99. The highest BCUT2D eigenvalue weighted by Gasteiger charge is 2.18. The van der Waals surface area contributed by atoms with Crippen molar-refractivity contribution in [3.63, 3.8) is 0 Å². The number of methoxy groups -OCH3 is 1. The fraction of sp³-hybridized carbons (Fsp3) is 0.263. The Kier molecular flexibility index (Phi) is 4.11. The zero-order valence-electron chi connectivity index (χ0n) is 13.9. The first-order valence-corrected chi connectivity index (χ1v) is 8.16. The van der Waals surface area contributed by atoms with Crippen molar-refractivity contribution in [3.05, 3.63) is 52.8 Å². The van der Waals surface area contributed by atoms with Crippen LogP contribution < -0.4 is 15.1 Å². The number of aromatic nitrogens is 1. The Morgan fingerprint density at radius 2 is 2.00 bits per heavy atom. The number of hydrogen-bond acceptors (Lipinski definition) is 6. The molecule has 1 aliphatic rings. The van der Waals surface area contributed by atoms with Crippen LogP contribution >= 0.6 is 0 Å². The minimum atomic E-state index is -0.0747. The maximum Gasteiger partial charge on any atom is 0.200 e. The van der Waals surface area contributed by atoms with Crippen LogP contribution in [0.5, 0.6) is 5.75 Å². The third kappa shape index (κ3) is 2.96. The lowest BCUT2D eigenvalue weighted by Crippen LogP contribution is -2.36. The van der Waals surface area contributed by atoms with Gasteiger partial charge < -0.3 is 18.8 Å². The second-order valence-electron chi connectivity index (χ2n) is 5.82. The molecule has 3 heterocycles. The van der Waals surface area contributed by atoms with Crippen LogP contribution in [0.3, 0.4) is 0 Å². The average molecular weight is 338 g/mol. The number of fused-ring (bicyclic) bond motifs is 1. The SMILES string of the molecule is COc1cccc(-c2nccc3c(=O)cc(N4CCOCC4)oc23)c1.